The van der Waals surface area contributed by atoms with Gasteiger partial charge in [-0.2, -0.15) is 0 Å². The highest BCUT2D eigenvalue weighted by molar-refractivity contribution is 5.17. The Labute approximate surface area is 92.5 Å². The molecule has 0 amide bonds. The smallest absolute Gasteiger partial charge is 0.233 e. The van der Waals surface area contributed by atoms with Crippen LogP contribution in [0.15, 0.2) is 24.5 Å². The van der Waals surface area contributed by atoms with Gasteiger partial charge in [0, 0.05) is 25.5 Å². The van der Waals surface area contributed by atoms with E-state index < -0.39 is 6.10 Å². The molecule has 2 heterocycles. The van der Waals surface area contributed by atoms with Crippen LogP contribution in [-0.2, 0) is 7.05 Å². The van der Waals surface area contributed by atoms with Crippen molar-refractivity contribution in [3.05, 3.63) is 36.0 Å². The van der Waals surface area contributed by atoms with Crippen LogP contribution in [0.5, 0.6) is 5.88 Å². The maximum atomic E-state index is 10.00. The van der Waals surface area contributed by atoms with E-state index in [0.29, 0.717) is 17.4 Å². The molecule has 2 rings (SSSR count). The minimum absolute atomic E-state index is 0.413. The Hall–Kier alpha value is -1.95. The fourth-order valence-electron chi connectivity index (χ4n) is 1.36. The third kappa shape index (κ3) is 1.87. The number of ether oxygens (including phenoxy) is 1. The maximum absolute atomic E-state index is 10.00. The Morgan fingerprint density at radius 2 is 2.19 bits per heavy atom. The van der Waals surface area contributed by atoms with Crippen molar-refractivity contribution in [1.29, 1.82) is 0 Å². The van der Waals surface area contributed by atoms with Gasteiger partial charge in [-0.15, -0.1) is 10.2 Å². The van der Waals surface area contributed by atoms with Gasteiger partial charge in [0.1, 0.15) is 5.82 Å². The largest absolute Gasteiger partial charge is 0.480 e. The molecule has 0 bridgehead atoms. The van der Waals surface area contributed by atoms with Crippen LogP contribution in [0.2, 0.25) is 0 Å². The average Bonchev–Trinajstić information content (AvgIpc) is 2.75. The molecule has 0 fully saturated rings. The van der Waals surface area contributed by atoms with Crippen LogP contribution in [-0.4, -0.2) is 32.0 Å². The fourth-order valence-corrected chi connectivity index (χ4v) is 1.36. The van der Waals surface area contributed by atoms with Gasteiger partial charge in [-0.05, 0) is 6.07 Å². The summed E-state index contributed by atoms with van der Waals surface area (Å²) < 4.78 is 6.62. The van der Waals surface area contributed by atoms with Crippen molar-refractivity contribution < 1.29 is 9.84 Å². The predicted octanol–water partition coefficient (Wildman–Crippen LogP) is 0.300. The average molecular weight is 220 g/mol. The third-order valence-corrected chi connectivity index (χ3v) is 2.25. The summed E-state index contributed by atoms with van der Waals surface area (Å²) in [5, 5.41) is 17.7. The lowest BCUT2D eigenvalue weighted by Gasteiger charge is -2.09. The SMILES string of the molecule is COc1ccc(C(O)c2nccn2C)nn1. The molecule has 0 aromatic carbocycles. The number of imidazole rings is 1. The molecular formula is C10H12N4O2. The number of aliphatic hydroxyl groups excluding tert-OH is 1. The first-order valence-corrected chi connectivity index (χ1v) is 4.75. The van der Waals surface area contributed by atoms with E-state index >= 15 is 0 Å². The van der Waals surface area contributed by atoms with Gasteiger partial charge in [0.05, 0.1) is 12.8 Å². The second-order valence-electron chi connectivity index (χ2n) is 3.30. The summed E-state index contributed by atoms with van der Waals surface area (Å²) in [6, 6.07) is 3.31. The van der Waals surface area contributed by atoms with Gasteiger partial charge in [0.25, 0.3) is 0 Å². The van der Waals surface area contributed by atoms with E-state index in [9.17, 15) is 5.11 Å². The summed E-state index contributed by atoms with van der Waals surface area (Å²) in [7, 11) is 3.32. The molecule has 0 aliphatic heterocycles. The zero-order valence-electron chi connectivity index (χ0n) is 9.03. The maximum Gasteiger partial charge on any atom is 0.233 e. The van der Waals surface area contributed by atoms with E-state index in [0.717, 1.165) is 0 Å². The van der Waals surface area contributed by atoms with Crippen LogP contribution in [0.25, 0.3) is 0 Å². The lowest BCUT2D eigenvalue weighted by atomic mass is 10.2. The lowest BCUT2D eigenvalue weighted by Crippen LogP contribution is -2.09. The Bertz CT molecular complexity index is 466. The molecule has 0 saturated carbocycles. The third-order valence-electron chi connectivity index (χ3n) is 2.25. The van der Waals surface area contributed by atoms with Gasteiger partial charge < -0.3 is 14.4 Å². The second-order valence-corrected chi connectivity index (χ2v) is 3.30. The van der Waals surface area contributed by atoms with E-state index in [1.807, 2.05) is 7.05 Å². The van der Waals surface area contributed by atoms with Crippen LogP contribution in [0.4, 0.5) is 0 Å². The first kappa shape index (κ1) is 10.6. The Balaban J connectivity index is 2.27. The van der Waals surface area contributed by atoms with Gasteiger partial charge in [-0.25, -0.2) is 4.98 Å². The van der Waals surface area contributed by atoms with Crippen LogP contribution in [0, 0.1) is 0 Å². The predicted molar refractivity (Wildman–Crippen MR) is 55.9 cm³/mol. The van der Waals surface area contributed by atoms with E-state index in [4.69, 9.17) is 4.74 Å². The minimum atomic E-state index is -0.876. The molecule has 1 N–H and O–H groups in total. The summed E-state index contributed by atoms with van der Waals surface area (Å²) in [5.74, 6) is 0.940. The molecule has 0 aliphatic rings. The van der Waals surface area contributed by atoms with Crippen LogP contribution in [0.3, 0.4) is 0 Å². The second kappa shape index (κ2) is 4.28. The Morgan fingerprint density at radius 3 is 2.69 bits per heavy atom. The zero-order valence-corrected chi connectivity index (χ0v) is 9.03. The molecule has 16 heavy (non-hydrogen) atoms. The number of hydrogen-bond donors (Lipinski definition) is 1. The van der Waals surface area contributed by atoms with Crippen LogP contribution in [0.1, 0.15) is 17.6 Å². The number of rotatable bonds is 3. The molecule has 6 nitrogen and oxygen atoms in total. The molecule has 0 radical (unpaired) electrons. The molecular weight excluding hydrogens is 208 g/mol. The molecule has 0 aliphatic carbocycles. The van der Waals surface area contributed by atoms with E-state index in [-0.39, 0.29) is 0 Å². The molecule has 0 spiro atoms. The van der Waals surface area contributed by atoms with Gasteiger partial charge in [-0.1, -0.05) is 0 Å². The lowest BCUT2D eigenvalue weighted by molar-refractivity contribution is 0.199. The number of aryl methyl sites for hydroxylation is 1. The van der Waals surface area contributed by atoms with Gasteiger partial charge in [-0.3, -0.25) is 0 Å². The van der Waals surface area contributed by atoms with Crippen molar-refractivity contribution in [2.24, 2.45) is 7.05 Å². The zero-order chi connectivity index (χ0) is 11.5. The number of nitrogens with zero attached hydrogens (tertiary/aromatic N) is 4. The summed E-state index contributed by atoms with van der Waals surface area (Å²) in [5.41, 5.74) is 0.440. The molecule has 1 unspecified atom stereocenters. The van der Waals surface area contributed by atoms with Gasteiger partial charge in [0.2, 0.25) is 5.88 Å². The highest BCUT2D eigenvalue weighted by Gasteiger charge is 2.16. The molecule has 6 heteroatoms. The summed E-state index contributed by atoms with van der Waals surface area (Å²) in [4.78, 5) is 4.05. The first-order chi connectivity index (χ1) is 7.72. The summed E-state index contributed by atoms with van der Waals surface area (Å²) in [6.45, 7) is 0. The molecule has 0 saturated heterocycles. The van der Waals surface area contributed by atoms with Crippen molar-refractivity contribution in [1.82, 2.24) is 19.7 Å². The normalized spacial score (nSPS) is 12.4. The van der Waals surface area contributed by atoms with Gasteiger partial charge >= 0.3 is 0 Å². The first-order valence-electron chi connectivity index (χ1n) is 4.75. The van der Waals surface area contributed by atoms with Crippen molar-refractivity contribution in [2.45, 2.75) is 6.10 Å². The van der Waals surface area contributed by atoms with Crippen molar-refractivity contribution in [3.8, 4) is 5.88 Å². The standard InChI is InChI=1S/C10H12N4O2/c1-14-6-5-11-10(14)9(15)7-3-4-8(16-2)13-12-7/h3-6,9,15H,1-2H3. The van der Waals surface area contributed by atoms with Crippen LogP contribution < -0.4 is 4.74 Å². The van der Waals surface area contributed by atoms with Crippen molar-refractivity contribution in [2.75, 3.05) is 7.11 Å². The molecule has 2 aromatic rings. The van der Waals surface area contributed by atoms with Crippen molar-refractivity contribution in [3.63, 3.8) is 0 Å². The quantitative estimate of drug-likeness (QED) is 0.805. The number of aromatic nitrogens is 4. The highest BCUT2D eigenvalue weighted by Crippen LogP contribution is 2.18. The molecule has 84 valence electrons. The van der Waals surface area contributed by atoms with E-state index in [2.05, 4.69) is 15.2 Å². The van der Waals surface area contributed by atoms with E-state index in [1.165, 1.54) is 7.11 Å². The fraction of sp³-hybridized carbons (Fsp3) is 0.300. The Kier molecular flexibility index (Phi) is 2.82. The molecule has 2 aromatic heterocycles. The molecule has 1 atom stereocenters. The summed E-state index contributed by atoms with van der Waals surface area (Å²) >= 11 is 0. The highest BCUT2D eigenvalue weighted by atomic mass is 16.5. The van der Waals surface area contributed by atoms with Crippen molar-refractivity contribution >= 4 is 0 Å². The van der Waals surface area contributed by atoms with Gasteiger partial charge in [0.15, 0.2) is 6.10 Å². The number of methoxy groups -OCH3 is 1. The number of hydrogen-bond acceptors (Lipinski definition) is 5. The van der Waals surface area contributed by atoms with E-state index in [1.54, 1.807) is 29.1 Å². The topological polar surface area (TPSA) is 73.1 Å². The van der Waals surface area contributed by atoms with Crippen LogP contribution >= 0.6 is 0 Å². The monoisotopic (exact) mass is 220 g/mol. The Morgan fingerprint density at radius 1 is 1.38 bits per heavy atom. The minimum Gasteiger partial charge on any atom is -0.480 e. The number of aliphatic hydroxyl groups is 1. The summed E-state index contributed by atoms with van der Waals surface area (Å²) in [6.07, 6.45) is 2.50.